The number of amides is 4. The van der Waals surface area contributed by atoms with E-state index in [0.29, 0.717) is 122 Å². The van der Waals surface area contributed by atoms with Gasteiger partial charge in [0.25, 0.3) is 5.56 Å². The van der Waals surface area contributed by atoms with Crippen molar-refractivity contribution in [1.29, 1.82) is 0 Å². The number of hydrogen-bond acceptors (Lipinski definition) is 11. The van der Waals surface area contributed by atoms with E-state index in [1.807, 2.05) is 66.4 Å². The quantitative estimate of drug-likeness (QED) is 0.0552. The standard InChI is InChI=1S/C54H62Cl2N12O7/c1-34(36-8-4-3-5-9-36)26-45(72)65-24-17-54(75,18-25-65)32-67-33-60-50-51(53(67)74)63-64(2)52(50)37-13-11-35(12-14-37)28-57-19-7-21-58-43(70)10-6-20-59-44(71)30-68-23-16-42(62-68)38-27-40(55)48(56)49-47(38)39-29-66(46(73)31-69)22-15-41(39)61-49/h3-5,8-9,11-14,16,23,27,33-34,57,61,69,75H,6-7,10,15,17-22,24-26,28-32H2,1-2H3,(H,58,70)(H,59,71)/t34-/m1/s1. The van der Waals surface area contributed by atoms with Crippen LogP contribution in [0.3, 0.4) is 0 Å². The molecule has 75 heavy (non-hydrogen) atoms. The Morgan fingerprint density at radius 2 is 1.63 bits per heavy atom. The third-order valence-corrected chi connectivity index (χ3v) is 15.1. The van der Waals surface area contributed by atoms with Gasteiger partial charge in [-0.15, -0.1) is 0 Å². The lowest BCUT2D eigenvalue weighted by atomic mass is 9.90. The number of fused-ring (bicyclic) bond motifs is 4. The monoisotopic (exact) mass is 1060 g/mol. The first-order valence-corrected chi connectivity index (χ1v) is 26.2. The number of nitrogens with zero attached hydrogens (tertiary/aromatic N) is 8. The second-order valence-corrected chi connectivity index (χ2v) is 20.5. The fraction of sp³-hybridized carbons (Fsp3) is 0.407. The molecule has 19 nitrogen and oxygen atoms in total. The van der Waals surface area contributed by atoms with Gasteiger partial charge in [-0.2, -0.15) is 10.2 Å². The topological polar surface area (TPSA) is 238 Å². The minimum Gasteiger partial charge on any atom is -0.388 e. The molecular formula is C54H62Cl2N12O7. The highest BCUT2D eigenvalue weighted by atomic mass is 35.5. The van der Waals surface area contributed by atoms with Crippen LogP contribution in [0.5, 0.6) is 0 Å². The van der Waals surface area contributed by atoms with Crippen molar-refractivity contribution >= 4 is 68.8 Å². The van der Waals surface area contributed by atoms with Gasteiger partial charge in [0.1, 0.15) is 18.7 Å². The number of aromatic nitrogens is 7. The highest BCUT2D eigenvalue weighted by Crippen LogP contribution is 2.42. The van der Waals surface area contributed by atoms with Gasteiger partial charge in [-0.25, -0.2) is 4.98 Å². The molecule has 1 saturated heterocycles. The van der Waals surface area contributed by atoms with Crippen LogP contribution in [0.1, 0.15) is 73.8 Å². The fourth-order valence-corrected chi connectivity index (χ4v) is 10.5. The maximum Gasteiger partial charge on any atom is 0.281 e. The highest BCUT2D eigenvalue weighted by Gasteiger charge is 2.35. The van der Waals surface area contributed by atoms with E-state index in [1.54, 1.807) is 35.0 Å². The third kappa shape index (κ3) is 12.1. The van der Waals surface area contributed by atoms with Gasteiger partial charge in [0.2, 0.25) is 23.6 Å². The molecule has 0 bridgehead atoms. The summed E-state index contributed by atoms with van der Waals surface area (Å²) in [6.45, 7) is 5.23. The molecule has 9 rings (SSSR count). The van der Waals surface area contributed by atoms with Crippen molar-refractivity contribution in [3.05, 3.63) is 122 Å². The van der Waals surface area contributed by atoms with E-state index in [4.69, 9.17) is 23.2 Å². The van der Waals surface area contributed by atoms with Crippen LogP contribution in [0.2, 0.25) is 10.0 Å². The summed E-state index contributed by atoms with van der Waals surface area (Å²) in [5.74, 6) is -0.549. The van der Waals surface area contributed by atoms with Gasteiger partial charge in [-0.1, -0.05) is 84.7 Å². The maximum atomic E-state index is 13.7. The fourth-order valence-electron chi connectivity index (χ4n) is 10.1. The number of aliphatic hydroxyl groups excluding tert-OH is 1. The number of benzene rings is 3. The zero-order valence-electron chi connectivity index (χ0n) is 42.1. The van der Waals surface area contributed by atoms with E-state index in [9.17, 15) is 34.2 Å². The molecular weight excluding hydrogens is 1000 g/mol. The predicted octanol–water partition coefficient (Wildman–Crippen LogP) is 5.07. The van der Waals surface area contributed by atoms with Gasteiger partial charge in [-0.3, -0.25) is 37.9 Å². The summed E-state index contributed by atoms with van der Waals surface area (Å²) in [5.41, 5.74) is 6.69. The average molecular weight is 1060 g/mol. The predicted molar refractivity (Wildman–Crippen MR) is 286 cm³/mol. The lowest BCUT2D eigenvalue weighted by Crippen LogP contribution is -2.49. The molecule has 0 saturated carbocycles. The normalized spacial score (nSPS) is 14.8. The number of halogens is 2. The smallest absolute Gasteiger partial charge is 0.281 e. The maximum absolute atomic E-state index is 13.7. The van der Waals surface area contributed by atoms with Crippen molar-refractivity contribution in [2.75, 3.05) is 45.9 Å². The Hall–Kier alpha value is -6.90. The Morgan fingerprint density at radius 1 is 0.880 bits per heavy atom. The molecule has 6 N–H and O–H groups in total. The average Bonchev–Trinajstić information content (AvgIpc) is 4.17. The number of aryl methyl sites for hydroxylation is 1. The molecule has 4 aromatic heterocycles. The molecule has 0 aliphatic carbocycles. The Kier molecular flexibility index (Phi) is 16.5. The molecule has 6 heterocycles. The van der Waals surface area contributed by atoms with Crippen LogP contribution in [0.15, 0.2) is 84.0 Å². The zero-order chi connectivity index (χ0) is 52.8. The largest absolute Gasteiger partial charge is 0.388 e. The van der Waals surface area contributed by atoms with Crippen molar-refractivity contribution in [3.63, 3.8) is 0 Å². The van der Waals surface area contributed by atoms with E-state index in [1.165, 1.54) is 15.6 Å². The van der Waals surface area contributed by atoms with Gasteiger partial charge in [-0.05, 0) is 61.4 Å². The molecule has 3 aromatic carbocycles. The number of rotatable bonds is 20. The van der Waals surface area contributed by atoms with E-state index in [0.717, 1.165) is 39.8 Å². The molecule has 0 radical (unpaired) electrons. The van der Waals surface area contributed by atoms with Crippen LogP contribution in [0.4, 0.5) is 0 Å². The molecule has 7 aromatic rings. The summed E-state index contributed by atoms with van der Waals surface area (Å²) in [5, 5.41) is 40.9. The van der Waals surface area contributed by atoms with Gasteiger partial charge in [0.05, 0.1) is 45.4 Å². The lowest BCUT2D eigenvalue weighted by molar-refractivity contribution is -0.136. The minimum absolute atomic E-state index is 0.0307. The first kappa shape index (κ1) is 52.9. The van der Waals surface area contributed by atoms with Crippen molar-refractivity contribution in [2.45, 2.75) is 89.6 Å². The summed E-state index contributed by atoms with van der Waals surface area (Å²) in [7, 11) is 1.78. The number of nitrogens with one attached hydrogen (secondary N) is 4. The first-order valence-electron chi connectivity index (χ1n) is 25.4. The molecule has 2 aliphatic heterocycles. The molecule has 4 amide bonds. The SMILES string of the molecule is C[C@H](CC(=O)N1CCC(O)(Cn2cnc3c(-c4ccc(CNCCCNC(=O)CCCNC(=O)Cn5ccc(-c6cc(Cl)c(Cl)c7[nH]c8c(c67)CN(C(=O)CO)CC8)n5)cc4)n(C)nc3c2=O)CC1)c1ccccc1. The summed E-state index contributed by atoms with van der Waals surface area (Å²) in [6.07, 6.45) is 6.31. The second-order valence-electron chi connectivity index (χ2n) is 19.7. The molecule has 0 spiro atoms. The van der Waals surface area contributed by atoms with Crippen LogP contribution < -0.4 is 21.5 Å². The van der Waals surface area contributed by atoms with Crippen LogP contribution in [-0.2, 0) is 58.8 Å². The number of carbonyl (C=O) groups is 4. The number of likely N-dealkylation sites (tertiary alicyclic amines) is 1. The molecule has 21 heteroatoms. The van der Waals surface area contributed by atoms with E-state index in [2.05, 4.69) is 36.1 Å². The van der Waals surface area contributed by atoms with Crippen molar-refractivity contribution in [1.82, 2.24) is 59.8 Å². The van der Waals surface area contributed by atoms with Crippen LogP contribution in [0, 0.1) is 0 Å². The molecule has 1 fully saturated rings. The number of hydrogen-bond donors (Lipinski definition) is 6. The Morgan fingerprint density at radius 3 is 2.39 bits per heavy atom. The lowest BCUT2D eigenvalue weighted by Gasteiger charge is -2.38. The zero-order valence-corrected chi connectivity index (χ0v) is 43.6. The van der Waals surface area contributed by atoms with Crippen LogP contribution in [-0.4, -0.2) is 129 Å². The number of piperidine rings is 1. The number of aromatic amines is 1. The third-order valence-electron chi connectivity index (χ3n) is 14.3. The number of carbonyl (C=O) groups excluding carboxylic acids is 4. The summed E-state index contributed by atoms with van der Waals surface area (Å²) in [6, 6.07) is 21.4. The summed E-state index contributed by atoms with van der Waals surface area (Å²) < 4.78 is 4.61. The Labute approximate surface area is 443 Å². The summed E-state index contributed by atoms with van der Waals surface area (Å²) >= 11 is 13.1. The van der Waals surface area contributed by atoms with E-state index in [-0.39, 0.29) is 60.1 Å². The number of H-pyrrole nitrogens is 1. The van der Waals surface area contributed by atoms with Gasteiger partial charge < -0.3 is 40.9 Å². The van der Waals surface area contributed by atoms with Crippen molar-refractivity contribution in [2.24, 2.45) is 7.05 Å². The molecule has 1 atom stereocenters. The second kappa shape index (κ2) is 23.3. The van der Waals surface area contributed by atoms with Gasteiger partial charge >= 0.3 is 0 Å². The summed E-state index contributed by atoms with van der Waals surface area (Å²) in [4.78, 5) is 75.9. The molecule has 2 aliphatic rings. The minimum atomic E-state index is -1.16. The Bertz CT molecular complexity index is 3270. The van der Waals surface area contributed by atoms with E-state index >= 15 is 0 Å². The van der Waals surface area contributed by atoms with Crippen molar-refractivity contribution < 1.29 is 29.4 Å². The van der Waals surface area contributed by atoms with Crippen LogP contribution >= 0.6 is 23.2 Å². The van der Waals surface area contributed by atoms with Gasteiger partial charge in [0, 0.05) is 106 Å². The van der Waals surface area contributed by atoms with E-state index < -0.39 is 12.2 Å². The molecule has 0 unspecified atom stereocenters. The van der Waals surface area contributed by atoms with Crippen molar-refractivity contribution in [3.8, 4) is 22.5 Å². The van der Waals surface area contributed by atoms with Gasteiger partial charge in [0.15, 0.2) is 5.52 Å². The first-order chi connectivity index (χ1) is 36.2. The molecule has 394 valence electrons. The Balaban J connectivity index is 0.670. The van der Waals surface area contributed by atoms with Crippen LogP contribution in [0.25, 0.3) is 44.5 Å². The number of aliphatic hydroxyl groups is 2. The highest BCUT2D eigenvalue weighted by molar-refractivity contribution is 6.45.